The van der Waals surface area contributed by atoms with E-state index in [1.165, 1.54) is 16.8 Å². The molecule has 19 heavy (non-hydrogen) atoms. The largest absolute Gasteiger partial charge is 0.476 e. The van der Waals surface area contributed by atoms with Crippen molar-refractivity contribution in [1.82, 2.24) is 15.0 Å². The van der Waals surface area contributed by atoms with Gasteiger partial charge in [-0.3, -0.25) is 0 Å². The third-order valence-electron chi connectivity index (χ3n) is 2.56. The Hall–Kier alpha value is -1.80. The number of carboxylic acids is 1. The van der Waals surface area contributed by atoms with Crippen LogP contribution in [0.15, 0.2) is 22.7 Å². The third kappa shape index (κ3) is 2.79. The first-order valence-electron chi connectivity index (χ1n) is 5.32. The fourth-order valence-electron chi connectivity index (χ4n) is 1.65. The summed E-state index contributed by atoms with van der Waals surface area (Å²) in [4.78, 5) is 10.9. The molecular formula is C11H10BrFN4O2. The first kappa shape index (κ1) is 13.6. The van der Waals surface area contributed by atoms with Crippen molar-refractivity contribution in [2.75, 3.05) is 0 Å². The zero-order chi connectivity index (χ0) is 14.0. The fraction of sp³-hybridized carbons (Fsp3) is 0.182. The number of benzene rings is 1. The Morgan fingerprint density at radius 2 is 2.26 bits per heavy atom. The molecule has 2 rings (SSSR count). The summed E-state index contributed by atoms with van der Waals surface area (Å²) < 4.78 is 15.2. The van der Waals surface area contributed by atoms with Gasteiger partial charge in [-0.25, -0.2) is 13.9 Å². The maximum atomic E-state index is 13.2. The van der Waals surface area contributed by atoms with E-state index in [1.807, 2.05) is 0 Å². The molecule has 0 spiro atoms. The Balaban J connectivity index is 2.38. The Kier molecular flexibility index (Phi) is 3.91. The van der Waals surface area contributed by atoms with Gasteiger partial charge in [0, 0.05) is 11.0 Å². The molecule has 0 aliphatic rings. The second-order valence-electron chi connectivity index (χ2n) is 3.79. The van der Waals surface area contributed by atoms with Gasteiger partial charge < -0.3 is 10.8 Å². The van der Waals surface area contributed by atoms with Gasteiger partial charge in [0.05, 0.1) is 12.2 Å². The van der Waals surface area contributed by atoms with Crippen molar-refractivity contribution in [3.05, 3.63) is 45.4 Å². The zero-order valence-electron chi connectivity index (χ0n) is 9.68. The summed E-state index contributed by atoms with van der Waals surface area (Å²) in [6.07, 6.45) is 0. The number of rotatable bonds is 4. The maximum absolute atomic E-state index is 13.2. The lowest BCUT2D eigenvalue weighted by Gasteiger charge is -2.07. The van der Waals surface area contributed by atoms with Crippen molar-refractivity contribution in [2.24, 2.45) is 5.73 Å². The number of nitrogens with zero attached hydrogens (tertiary/aromatic N) is 3. The van der Waals surface area contributed by atoms with Crippen molar-refractivity contribution in [3.8, 4) is 0 Å². The summed E-state index contributed by atoms with van der Waals surface area (Å²) >= 11 is 3.29. The summed E-state index contributed by atoms with van der Waals surface area (Å²) in [7, 11) is 0. The molecule has 0 radical (unpaired) electrons. The van der Waals surface area contributed by atoms with E-state index in [-0.39, 0.29) is 24.6 Å². The van der Waals surface area contributed by atoms with Gasteiger partial charge >= 0.3 is 5.97 Å². The van der Waals surface area contributed by atoms with Gasteiger partial charge in [-0.05, 0) is 23.8 Å². The highest BCUT2D eigenvalue weighted by atomic mass is 79.9. The van der Waals surface area contributed by atoms with E-state index in [0.29, 0.717) is 15.7 Å². The Bertz CT molecular complexity index is 629. The predicted octanol–water partition coefficient (Wildman–Crippen LogP) is 1.38. The number of nitrogens with two attached hydrogens (primary N) is 1. The fourth-order valence-corrected chi connectivity index (χ4v) is 2.03. The molecular weight excluding hydrogens is 319 g/mol. The second kappa shape index (κ2) is 5.45. The molecule has 0 saturated carbocycles. The Labute approximate surface area is 116 Å². The van der Waals surface area contributed by atoms with Crippen LogP contribution in [0.5, 0.6) is 0 Å². The first-order chi connectivity index (χ1) is 9.02. The molecule has 1 aromatic carbocycles. The molecule has 0 aliphatic carbocycles. The number of hydrogen-bond acceptors (Lipinski definition) is 4. The molecule has 3 N–H and O–H groups in total. The lowest BCUT2D eigenvalue weighted by molar-refractivity contribution is 0.0689. The topological polar surface area (TPSA) is 94.0 Å². The molecule has 0 amide bonds. The second-order valence-corrected chi connectivity index (χ2v) is 4.64. The van der Waals surface area contributed by atoms with Crippen LogP contribution in [-0.2, 0) is 13.1 Å². The van der Waals surface area contributed by atoms with E-state index >= 15 is 0 Å². The average Bonchev–Trinajstić information content (AvgIpc) is 2.76. The van der Waals surface area contributed by atoms with Crippen molar-refractivity contribution in [3.63, 3.8) is 0 Å². The highest BCUT2D eigenvalue weighted by molar-refractivity contribution is 9.10. The predicted molar refractivity (Wildman–Crippen MR) is 68.1 cm³/mol. The van der Waals surface area contributed by atoms with Crippen molar-refractivity contribution >= 4 is 21.9 Å². The molecule has 8 heteroatoms. The molecule has 1 heterocycles. The van der Waals surface area contributed by atoms with Crippen LogP contribution in [0.3, 0.4) is 0 Å². The van der Waals surface area contributed by atoms with Crippen molar-refractivity contribution in [2.45, 2.75) is 13.1 Å². The molecule has 0 aliphatic heterocycles. The molecule has 0 bridgehead atoms. The molecule has 0 fully saturated rings. The number of aromatic nitrogens is 3. The maximum Gasteiger partial charge on any atom is 0.358 e. The van der Waals surface area contributed by atoms with Crippen LogP contribution < -0.4 is 5.73 Å². The number of carboxylic acid groups (broad SMARTS) is 1. The minimum atomic E-state index is -1.19. The van der Waals surface area contributed by atoms with E-state index in [2.05, 4.69) is 26.2 Å². The number of carbonyl (C=O) groups is 1. The highest BCUT2D eigenvalue weighted by Crippen LogP contribution is 2.19. The number of halogens is 2. The van der Waals surface area contributed by atoms with Crippen LogP contribution in [0.2, 0.25) is 0 Å². The molecule has 6 nitrogen and oxygen atoms in total. The van der Waals surface area contributed by atoms with Gasteiger partial charge in [0.1, 0.15) is 5.82 Å². The van der Waals surface area contributed by atoms with E-state index in [0.717, 1.165) is 0 Å². The smallest absolute Gasteiger partial charge is 0.358 e. The standard InChI is InChI=1S/C11H10BrFN4O2/c12-8-2-1-7(13)3-6(8)5-17-9(4-14)10(11(18)19)15-16-17/h1-3H,4-5,14H2,(H,18,19). The Morgan fingerprint density at radius 1 is 1.53 bits per heavy atom. The van der Waals surface area contributed by atoms with Crippen LogP contribution >= 0.6 is 15.9 Å². The van der Waals surface area contributed by atoms with Gasteiger partial charge in [0.15, 0.2) is 5.69 Å². The van der Waals surface area contributed by atoms with E-state index in [9.17, 15) is 9.18 Å². The normalized spacial score (nSPS) is 10.7. The molecule has 2 aromatic rings. The lowest BCUT2D eigenvalue weighted by Crippen LogP contribution is -2.13. The monoisotopic (exact) mass is 328 g/mol. The van der Waals surface area contributed by atoms with Crippen LogP contribution in [-0.4, -0.2) is 26.1 Å². The SMILES string of the molecule is NCc1c(C(=O)O)nnn1Cc1cc(F)ccc1Br. The van der Waals surface area contributed by atoms with Gasteiger partial charge in [-0.15, -0.1) is 5.10 Å². The van der Waals surface area contributed by atoms with Gasteiger partial charge in [-0.1, -0.05) is 21.1 Å². The van der Waals surface area contributed by atoms with Gasteiger partial charge in [0.25, 0.3) is 0 Å². The van der Waals surface area contributed by atoms with E-state index in [4.69, 9.17) is 10.8 Å². The van der Waals surface area contributed by atoms with Crippen LogP contribution in [0.1, 0.15) is 21.7 Å². The molecule has 100 valence electrons. The summed E-state index contributed by atoms with van der Waals surface area (Å²) in [5.74, 6) is -1.57. The minimum Gasteiger partial charge on any atom is -0.476 e. The molecule has 0 unspecified atom stereocenters. The first-order valence-corrected chi connectivity index (χ1v) is 6.12. The third-order valence-corrected chi connectivity index (χ3v) is 3.34. The number of hydrogen-bond donors (Lipinski definition) is 2. The molecule has 0 atom stereocenters. The van der Waals surface area contributed by atoms with E-state index in [1.54, 1.807) is 6.07 Å². The van der Waals surface area contributed by atoms with Crippen LogP contribution in [0, 0.1) is 5.82 Å². The summed E-state index contributed by atoms with van der Waals surface area (Å²) in [6, 6.07) is 4.23. The van der Waals surface area contributed by atoms with Crippen LogP contribution in [0.25, 0.3) is 0 Å². The summed E-state index contributed by atoms with van der Waals surface area (Å²) in [6.45, 7) is 0.173. The van der Waals surface area contributed by atoms with Crippen molar-refractivity contribution in [1.29, 1.82) is 0 Å². The quantitative estimate of drug-likeness (QED) is 0.884. The average molecular weight is 329 g/mol. The number of aromatic carboxylic acids is 1. The summed E-state index contributed by atoms with van der Waals surface area (Å²) in [5.41, 5.74) is 6.24. The molecule has 1 aromatic heterocycles. The molecule has 0 saturated heterocycles. The van der Waals surface area contributed by atoms with Gasteiger partial charge in [-0.2, -0.15) is 0 Å². The zero-order valence-corrected chi connectivity index (χ0v) is 11.3. The lowest BCUT2D eigenvalue weighted by atomic mass is 10.2. The minimum absolute atomic E-state index is 0.0123. The van der Waals surface area contributed by atoms with Crippen molar-refractivity contribution < 1.29 is 14.3 Å². The van der Waals surface area contributed by atoms with Gasteiger partial charge in [0.2, 0.25) is 0 Å². The highest BCUT2D eigenvalue weighted by Gasteiger charge is 2.18. The Morgan fingerprint density at radius 3 is 2.89 bits per heavy atom. The summed E-state index contributed by atoms with van der Waals surface area (Å²) in [5, 5.41) is 16.2. The van der Waals surface area contributed by atoms with Crippen LogP contribution in [0.4, 0.5) is 4.39 Å². The van der Waals surface area contributed by atoms with E-state index < -0.39 is 5.97 Å².